The normalized spacial score (nSPS) is 11.1. The van der Waals surface area contributed by atoms with Gasteiger partial charge in [0.05, 0.1) is 21.2 Å². The number of hydrogen-bond acceptors (Lipinski definition) is 5. The van der Waals surface area contributed by atoms with Crippen LogP contribution in [-0.4, -0.2) is 18.0 Å². The maximum Gasteiger partial charge on any atom is 0.416 e. The van der Waals surface area contributed by atoms with Crippen LogP contribution < -0.4 is 4.74 Å². The minimum absolute atomic E-state index is 0.0451. The zero-order chi connectivity index (χ0) is 18.8. The van der Waals surface area contributed by atoms with Gasteiger partial charge in [-0.15, -0.1) is 0 Å². The fraction of sp³-hybridized carbons (Fsp3) is 0.133. The molecule has 0 aliphatic carbocycles. The predicted molar refractivity (Wildman–Crippen MR) is 88.7 cm³/mol. The largest absolute Gasteiger partial charge is 0.465 e. The summed E-state index contributed by atoms with van der Waals surface area (Å²) in [6.07, 6.45) is -4.48. The van der Waals surface area contributed by atoms with Crippen LogP contribution in [0.15, 0.2) is 36.4 Å². The van der Waals surface area contributed by atoms with Gasteiger partial charge in [-0.1, -0.05) is 0 Å². The summed E-state index contributed by atoms with van der Waals surface area (Å²) in [6.45, 7) is 0. The summed E-state index contributed by atoms with van der Waals surface area (Å²) < 4.78 is 48.1. The van der Waals surface area contributed by atoms with E-state index in [9.17, 15) is 28.1 Å². The number of benzene rings is 2. The van der Waals surface area contributed by atoms with E-state index in [4.69, 9.17) is 4.74 Å². The van der Waals surface area contributed by atoms with Gasteiger partial charge in [-0.25, -0.2) is 4.79 Å². The lowest BCUT2D eigenvalue weighted by atomic mass is 10.1. The average Bonchev–Trinajstić information content (AvgIpc) is 2.54. The van der Waals surface area contributed by atoms with Crippen LogP contribution in [0.3, 0.4) is 0 Å². The molecule has 2 rings (SSSR count). The number of esters is 1. The molecule has 0 spiro atoms. The SMILES string of the molecule is COC(=O)c1cc(Oc2ccc(C(F)(F)F)cc2I)ccc1[N+](=O)[O-]. The number of rotatable bonds is 4. The smallest absolute Gasteiger partial charge is 0.416 e. The number of carbonyl (C=O) groups excluding carboxylic acids is 1. The van der Waals surface area contributed by atoms with Gasteiger partial charge in [0, 0.05) is 12.1 Å². The second kappa shape index (κ2) is 7.25. The molecule has 0 amide bonds. The van der Waals surface area contributed by atoms with Gasteiger partial charge in [-0.05, 0) is 46.9 Å². The lowest BCUT2D eigenvalue weighted by Crippen LogP contribution is -2.06. The molecule has 0 aliphatic rings. The third kappa shape index (κ3) is 4.38. The molecule has 0 atom stereocenters. The van der Waals surface area contributed by atoms with Crippen molar-refractivity contribution in [3.05, 3.63) is 61.2 Å². The summed E-state index contributed by atoms with van der Waals surface area (Å²) >= 11 is 1.67. The number of alkyl halides is 3. The maximum absolute atomic E-state index is 12.7. The van der Waals surface area contributed by atoms with Gasteiger partial charge in [0.25, 0.3) is 5.69 Å². The molecule has 0 heterocycles. The van der Waals surface area contributed by atoms with Crippen molar-refractivity contribution < 1.29 is 32.4 Å². The fourth-order valence-corrected chi connectivity index (χ4v) is 2.52. The number of nitro benzene ring substituents is 1. The molecule has 25 heavy (non-hydrogen) atoms. The van der Waals surface area contributed by atoms with Crippen LogP contribution in [0.25, 0.3) is 0 Å². The molecule has 6 nitrogen and oxygen atoms in total. The maximum atomic E-state index is 12.7. The van der Waals surface area contributed by atoms with E-state index in [1.54, 1.807) is 22.6 Å². The van der Waals surface area contributed by atoms with E-state index in [1.807, 2.05) is 0 Å². The molecule has 2 aromatic rings. The lowest BCUT2D eigenvalue weighted by Gasteiger charge is -2.12. The Morgan fingerprint density at radius 2 is 1.88 bits per heavy atom. The van der Waals surface area contributed by atoms with E-state index < -0.39 is 28.3 Å². The average molecular weight is 467 g/mol. The summed E-state index contributed by atoms with van der Waals surface area (Å²) in [5, 5.41) is 10.9. The highest BCUT2D eigenvalue weighted by molar-refractivity contribution is 14.1. The Labute approximate surface area is 152 Å². The van der Waals surface area contributed by atoms with Gasteiger partial charge < -0.3 is 9.47 Å². The zero-order valence-electron chi connectivity index (χ0n) is 12.5. The molecule has 0 fully saturated rings. The number of ether oxygens (including phenoxy) is 2. The standard InChI is InChI=1S/C15H9F3INO5/c1-24-14(21)10-7-9(3-4-12(10)20(22)23)25-13-5-2-8(6-11(13)19)15(16,17)18/h2-7H,1H3. The van der Waals surface area contributed by atoms with E-state index in [1.165, 1.54) is 6.07 Å². The fourth-order valence-electron chi connectivity index (χ4n) is 1.90. The Hall–Kier alpha value is -2.37. The molecule has 0 radical (unpaired) electrons. The minimum atomic E-state index is -4.48. The molecular weight excluding hydrogens is 458 g/mol. The first kappa shape index (κ1) is 19.0. The molecule has 0 saturated carbocycles. The van der Waals surface area contributed by atoms with Crippen molar-refractivity contribution in [1.82, 2.24) is 0 Å². The first-order chi connectivity index (χ1) is 11.6. The Kier molecular flexibility index (Phi) is 5.50. The molecule has 0 saturated heterocycles. The molecule has 0 N–H and O–H groups in total. The van der Waals surface area contributed by atoms with Crippen LogP contribution in [-0.2, 0) is 10.9 Å². The third-order valence-corrected chi connectivity index (χ3v) is 3.90. The van der Waals surface area contributed by atoms with Crippen LogP contribution >= 0.6 is 22.6 Å². The Morgan fingerprint density at radius 3 is 2.40 bits per heavy atom. The van der Waals surface area contributed by atoms with Gasteiger partial charge >= 0.3 is 12.1 Å². The van der Waals surface area contributed by atoms with Gasteiger partial charge in [0.15, 0.2) is 0 Å². The monoisotopic (exact) mass is 467 g/mol. The summed E-state index contributed by atoms with van der Waals surface area (Å²) in [6, 6.07) is 6.27. The summed E-state index contributed by atoms with van der Waals surface area (Å²) in [4.78, 5) is 21.9. The first-order valence-electron chi connectivity index (χ1n) is 6.55. The summed E-state index contributed by atoms with van der Waals surface area (Å²) in [5.41, 5.74) is -1.63. The third-order valence-electron chi connectivity index (χ3n) is 3.06. The highest BCUT2D eigenvalue weighted by atomic mass is 127. The topological polar surface area (TPSA) is 78.7 Å². The minimum Gasteiger partial charge on any atom is -0.465 e. The van der Waals surface area contributed by atoms with E-state index >= 15 is 0 Å². The van der Waals surface area contributed by atoms with Gasteiger partial charge in [0.2, 0.25) is 0 Å². The van der Waals surface area contributed by atoms with Crippen LogP contribution in [0.4, 0.5) is 18.9 Å². The van der Waals surface area contributed by atoms with Crippen molar-refractivity contribution in [2.75, 3.05) is 7.11 Å². The van der Waals surface area contributed by atoms with Crippen molar-refractivity contribution >= 4 is 34.2 Å². The van der Waals surface area contributed by atoms with Crippen LogP contribution in [0.2, 0.25) is 0 Å². The number of hydrogen-bond donors (Lipinski definition) is 0. The van der Waals surface area contributed by atoms with Crippen molar-refractivity contribution in [3.63, 3.8) is 0 Å². The molecule has 2 aromatic carbocycles. The number of nitrogens with zero attached hydrogens (tertiary/aromatic N) is 1. The number of nitro groups is 1. The molecule has 0 aliphatic heterocycles. The Balaban J connectivity index is 2.38. The molecule has 132 valence electrons. The highest BCUT2D eigenvalue weighted by Gasteiger charge is 2.31. The molecule has 0 aromatic heterocycles. The van der Waals surface area contributed by atoms with Crippen molar-refractivity contribution in [3.8, 4) is 11.5 Å². The van der Waals surface area contributed by atoms with E-state index in [0.29, 0.717) is 0 Å². The quantitative estimate of drug-likeness (QED) is 0.280. The van der Waals surface area contributed by atoms with Crippen molar-refractivity contribution in [1.29, 1.82) is 0 Å². The molecule has 0 unspecified atom stereocenters. The van der Waals surface area contributed by atoms with Gasteiger partial charge in [-0.3, -0.25) is 10.1 Å². The van der Waals surface area contributed by atoms with E-state index in [2.05, 4.69) is 4.74 Å². The number of halogens is 4. The van der Waals surface area contributed by atoms with Crippen molar-refractivity contribution in [2.24, 2.45) is 0 Å². The van der Waals surface area contributed by atoms with Crippen LogP contribution in [0, 0.1) is 13.7 Å². The predicted octanol–water partition coefficient (Wildman–Crippen LogP) is 4.80. The second-order valence-corrected chi connectivity index (χ2v) is 5.83. The zero-order valence-corrected chi connectivity index (χ0v) is 14.6. The van der Waals surface area contributed by atoms with E-state index in [0.717, 1.165) is 37.4 Å². The van der Waals surface area contributed by atoms with Gasteiger partial charge in [0.1, 0.15) is 17.1 Å². The van der Waals surface area contributed by atoms with Crippen molar-refractivity contribution in [2.45, 2.75) is 6.18 Å². The number of carbonyl (C=O) groups is 1. The van der Waals surface area contributed by atoms with E-state index in [-0.39, 0.29) is 20.6 Å². The lowest BCUT2D eigenvalue weighted by molar-refractivity contribution is -0.385. The highest BCUT2D eigenvalue weighted by Crippen LogP contribution is 2.35. The Bertz CT molecular complexity index is 838. The molecular formula is C15H9F3INO5. The first-order valence-corrected chi connectivity index (χ1v) is 7.62. The molecule has 10 heteroatoms. The second-order valence-electron chi connectivity index (χ2n) is 4.67. The number of methoxy groups -OCH3 is 1. The molecule has 0 bridgehead atoms. The Morgan fingerprint density at radius 1 is 1.20 bits per heavy atom. The van der Waals surface area contributed by atoms with Crippen LogP contribution in [0.5, 0.6) is 11.5 Å². The van der Waals surface area contributed by atoms with Gasteiger partial charge in [-0.2, -0.15) is 13.2 Å². The summed E-state index contributed by atoms with van der Waals surface area (Å²) in [5.74, 6) is -0.777. The van der Waals surface area contributed by atoms with Crippen LogP contribution in [0.1, 0.15) is 15.9 Å². The summed E-state index contributed by atoms with van der Waals surface area (Å²) in [7, 11) is 1.07.